The summed E-state index contributed by atoms with van der Waals surface area (Å²) in [5.41, 5.74) is 8.27. The summed E-state index contributed by atoms with van der Waals surface area (Å²) in [6.07, 6.45) is 12.3. The van der Waals surface area contributed by atoms with Crippen molar-refractivity contribution in [2.75, 3.05) is 0 Å². The lowest BCUT2D eigenvalue weighted by Gasteiger charge is -2.29. The largest absolute Gasteiger partial charge is 0.0654 e. The average Bonchev–Trinajstić information content (AvgIpc) is 2.85. The fourth-order valence-electron chi connectivity index (χ4n) is 5.32. The predicted molar refractivity (Wildman–Crippen MR) is 136 cm³/mol. The Kier molecular flexibility index (Phi) is 7.62. The third-order valence-electron chi connectivity index (χ3n) is 7.33. The highest BCUT2D eigenvalue weighted by atomic mass is 14.3. The highest BCUT2D eigenvalue weighted by molar-refractivity contribution is 5.84. The van der Waals surface area contributed by atoms with Crippen LogP contribution in [0.15, 0.2) is 72.8 Å². The van der Waals surface area contributed by atoms with E-state index in [0.29, 0.717) is 0 Å². The van der Waals surface area contributed by atoms with Crippen molar-refractivity contribution in [3.8, 4) is 22.3 Å². The van der Waals surface area contributed by atoms with Crippen molar-refractivity contribution in [3.63, 3.8) is 0 Å². The highest BCUT2D eigenvalue weighted by Crippen LogP contribution is 2.39. The van der Waals surface area contributed by atoms with Crippen LogP contribution in [0.1, 0.15) is 82.3 Å². The van der Waals surface area contributed by atoms with Crippen LogP contribution >= 0.6 is 0 Å². The molecule has 162 valence electrons. The highest BCUT2D eigenvalue weighted by Gasteiger charge is 2.22. The van der Waals surface area contributed by atoms with Gasteiger partial charge in [0.25, 0.3) is 0 Å². The van der Waals surface area contributed by atoms with E-state index in [1.54, 1.807) is 5.56 Å². The molecule has 31 heavy (non-hydrogen) atoms. The van der Waals surface area contributed by atoms with Crippen LogP contribution < -0.4 is 0 Å². The van der Waals surface area contributed by atoms with Crippen molar-refractivity contribution in [1.29, 1.82) is 0 Å². The first-order chi connectivity index (χ1) is 15.3. The number of rotatable bonds is 8. The predicted octanol–water partition coefficient (Wildman–Crippen LogP) is 9.44. The van der Waals surface area contributed by atoms with Crippen LogP contribution in [0.2, 0.25) is 0 Å². The molecular weight excluding hydrogens is 372 g/mol. The first kappa shape index (κ1) is 21.9. The SMILES string of the molecule is CCCCCC1CCC(c2ccc(-c3cc(CC)ccc3-c3ccccc3)cc2)CC1. The maximum absolute atomic E-state index is 2.41. The molecule has 0 N–H and O–H groups in total. The van der Waals surface area contributed by atoms with E-state index in [1.807, 2.05) is 0 Å². The second kappa shape index (κ2) is 10.8. The Morgan fingerprint density at radius 3 is 2.06 bits per heavy atom. The summed E-state index contributed by atoms with van der Waals surface area (Å²) in [6, 6.07) is 27.3. The fourth-order valence-corrected chi connectivity index (χ4v) is 5.32. The van der Waals surface area contributed by atoms with Gasteiger partial charge in [0.1, 0.15) is 0 Å². The van der Waals surface area contributed by atoms with E-state index < -0.39 is 0 Å². The lowest BCUT2D eigenvalue weighted by Crippen LogP contribution is -2.13. The Labute approximate surface area is 189 Å². The van der Waals surface area contributed by atoms with Crippen molar-refractivity contribution in [3.05, 3.63) is 83.9 Å². The van der Waals surface area contributed by atoms with Gasteiger partial charge in [0.05, 0.1) is 0 Å². The molecule has 0 aliphatic heterocycles. The number of benzene rings is 3. The maximum Gasteiger partial charge on any atom is -0.0103 e. The molecular formula is C31H38. The Hall–Kier alpha value is -2.34. The van der Waals surface area contributed by atoms with Crippen LogP contribution in [0.4, 0.5) is 0 Å². The molecule has 1 aliphatic rings. The third-order valence-corrected chi connectivity index (χ3v) is 7.33. The van der Waals surface area contributed by atoms with E-state index in [1.165, 1.54) is 79.2 Å². The summed E-state index contributed by atoms with van der Waals surface area (Å²) < 4.78 is 0. The first-order valence-corrected chi connectivity index (χ1v) is 12.6. The molecule has 0 heteroatoms. The second-order valence-electron chi connectivity index (χ2n) is 9.43. The van der Waals surface area contributed by atoms with Gasteiger partial charge in [-0.05, 0) is 77.3 Å². The molecule has 0 spiro atoms. The molecule has 3 aromatic carbocycles. The summed E-state index contributed by atoms with van der Waals surface area (Å²) >= 11 is 0. The normalized spacial score (nSPS) is 18.8. The fraction of sp³-hybridized carbons (Fsp3) is 0.419. The third kappa shape index (κ3) is 5.48. The van der Waals surface area contributed by atoms with E-state index >= 15 is 0 Å². The molecule has 0 nitrogen and oxygen atoms in total. The smallest absolute Gasteiger partial charge is 0.0103 e. The minimum atomic E-state index is 0.757. The van der Waals surface area contributed by atoms with Crippen LogP contribution in [0.25, 0.3) is 22.3 Å². The lowest BCUT2D eigenvalue weighted by atomic mass is 9.77. The summed E-state index contributed by atoms with van der Waals surface area (Å²) in [5, 5.41) is 0. The van der Waals surface area contributed by atoms with Gasteiger partial charge in [0.15, 0.2) is 0 Å². The van der Waals surface area contributed by atoms with Gasteiger partial charge in [-0.2, -0.15) is 0 Å². The van der Waals surface area contributed by atoms with Crippen molar-refractivity contribution < 1.29 is 0 Å². The Morgan fingerprint density at radius 1 is 0.677 bits per heavy atom. The zero-order valence-electron chi connectivity index (χ0n) is 19.4. The van der Waals surface area contributed by atoms with Crippen LogP contribution in [0.5, 0.6) is 0 Å². The second-order valence-corrected chi connectivity index (χ2v) is 9.43. The molecule has 1 aliphatic carbocycles. The molecule has 0 unspecified atom stereocenters. The molecule has 0 radical (unpaired) electrons. The van der Waals surface area contributed by atoms with E-state index in [2.05, 4.69) is 86.6 Å². The molecule has 0 aromatic heterocycles. The van der Waals surface area contributed by atoms with Gasteiger partial charge in [-0.15, -0.1) is 0 Å². The molecule has 3 aromatic rings. The summed E-state index contributed by atoms with van der Waals surface area (Å²) in [7, 11) is 0. The van der Waals surface area contributed by atoms with Crippen LogP contribution in [0.3, 0.4) is 0 Å². The summed E-state index contributed by atoms with van der Waals surface area (Å²) in [6.45, 7) is 4.55. The van der Waals surface area contributed by atoms with Crippen LogP contribution in [-0.2, 0) is 6.42 Å². The monoisotopic (exact) mass is 410 g/mol. The summed E-state index contributed by atoms with van der Waals surface area (Å²) in [4.78, 5) is 0. The van der Waals surface area contributed by atoms with Crippen molar-refractivity contribution in [2.45, 2.75) is 77.6 Å². The molecule has 0 atom stereocenters. The molecule has 0 amide bonds. The molecule has 1 fully saturated rings. The quantitative estimate of drug-likeness (QED) is 0.324. The molecule has 0 bridgehead atoms. The molecule has 1 saturated carbocycles. The van der Waals surface area contributed by atoms with Gasteiger partial charge in [0, 0.05) is 0 Å². The lowest BCUT2D eigenvalue weighted by molar-refractivity contribution is 0.303. The summed E-state index contributed by atoms with van der Waals surface area (Å²) in [5.74, 6) is 1.74. The van der Waals surface area contributed by atoms with Crippen LogP contribution in [0, 0.1) is 5.92 Å². The molecule has 0 heterocycles. The number of hydrogen-bond acceptors (Lipinski definition) is 0. The maximum atomic E-state index is 2.41. The number of aryl methyl sites for hydroxylation is 1. The van der Waals surface area contributed by atoms with E-state index in [-0.39, 0.29) is 0 Å². The van der Waals surface area contributed by atoms with Crippen molar-refractivity contribution in [1.82, 2.24) is 0 Å². The van der Waals surface area contributed by atoms with E-state index in [4.69, 9.17) is 0 Å². The standard InChI is InChI=1S/C31H38/c1-3-5-7-10-25-13-16-26(17-14-25)27-18-20-29(21-19-27)31-23-24(4-2)15-22-30(31)28-11-8-6-9-12-28/h6,8-9,11-12,15,18-23,25-26H,3-5,7,10,13-14,16-17H2,1-2H3. The van der Waals surface area contributed by atoms with E-state index in [9.17, 15) is 0 Å². The molecule has 4 rings (SSSR count). The minimum Gasteiger partial charge on any atom is -0.0654 e. The van der Waals surface area contributed by atoms with Crippen molar-refractivity contribution >= 4 is 0 Å². The average molecular weight is 411 g/mol. The number of unbranched alkanes of at least 4 members (excludes halogenated alkanes) is 2. The minimum absolute atomic E-state index is 0.757. The number of hydrogen-bond donors (Lipinski definition) is 0. The molecule has 0 saturated heterocycles. The Morgan fingerprint density at radius 2 is 1.39 bits per heavy atom. The zero-order chi connectivity index (χ0) is 21.5. The van der Waals surface area contributed by atoms with E-state index in [0.717, 1.165) is 18.3 Å². The van der Waals surface area contributed by atoms with Crippen molar-refractivity contribution in [2.24, 2.45) is 5.92 Å². The van der Waals surface area contributed by atoms with Gasteiger partial charge in [-0.1, -0.05) is 112 Å². The van der Waals surface area contributed by atoms with Gasteiger partial charge in [-0.3, -0.25) is 0 Å². The topological polar surface area (TPSA) is 0 Å². The first-order valence-electron chi connectivity index (χ1n) is 12.6. The van der Waals surface area contributed by atoms with Gasteiger partial charge in [-0.25, -0.2) is 0 Å². The Balaban J connectivity index is 1.50. The Bertz CT molecular complexity index is 928. The zero-order valence-corrected chi connectivity index (χ0v) is 19.4. The van der Waals surface area contributed by atoms with Gasteiger partial charge < -0.3 is 0 Å². The van der Waals surface area contributed by atoms with Crippen LogP contribution in [-0.4, -0.2) is 0 Å². The van der Waals surface area contributed by atoms with Gasteiger partial charge in [0.2, 0.25) is 0 Å². The van der Waals surface area contributed by atoms with Gasteiger partial charge >= 0.3 is 0 Å².